The molecule has 184 valence electrons. The van der Waals surface area contributed by atoms with E-state index < -0.39 is 5.79 Å². The van der Waals surface area contributed by atoms with Gasteiger partial charge in [0.2, 0.25) is 5.79 Å². The summed E-state index contributed by atoms with van der Waals surface area (Å²) in [5, 5.41) is 0. The van der Waals surface area contributed by atoms with E-state index in [2.05, 4.69) is 62.4 Å². The standard InChI is InChI=1S/C30H40O4/c1-29(2,34-28-10-6-8-20-31-28)19-7-5-9-23-11-13-24(14-12-23)15-16-25-17-18-27-26(21-25)22-32-30(3,4)33-27/h11-18,21,28H,5-10,19-20,22H2,1-4H3. The van der Waals surface area contributed by atoms with Crippen molar-refractivity contribution in [1.29, 1.82) is 0 Å². The molecule has 0 aromatic heterocycles. The highest BCUT2D eigenvalue weighted by atomic mass is 16.7. The fourth-order valence-corrected chi connectivity index (χ4v) is 4.55. The summed E-state index contributed by atoms with van der Waals surface area (Å²) >= 11 is 0. The lowest BCUT2D eigenvalue weighted by Gasteiger charge is -2.32. The van der Waals surface area contributed by atoms with Crippen molar-refractivity contribution in [2.24, 2.45) is 0 Å². The Hall–Kier alpha value is -2.14. The van der Waals surface area contributed by atoms with Crippen LogP contribution in [0.2, 0.25) is 0 Å². The van der Waals surface area contributed by atoms with Gasteiger partial charge < -0.3 is 18.9 Å². The zero-order chi connectivity index (χ0) is 24.0. The third kappa shape index (κ3) is 7.43. The van der Waals surface area contributed by atoms with Crippen LogP contribution >= 0.6 is 0 Å². The molecule has 0 amide bonds. The Morgan fingerprint density at radius 3 is 2.53 bits per heavy atom. The van der Waals surface area contributed by atoms with Crippen LogP contribution in [0.4, 0.5) is 0 Å². The lowest BCUT2D eigenvalue weighted by atomic mass is 9.98. The molecule has 0 aliphatic carbocycles. The van der Waals surface area contributed by atoms with Crippen LogP contribution in [-0.2, 0) is 27.2 Å². The van der Waals surface area contributed by atoms with Crippen molar-refractivity contribution in [2.45, 2.75) is 96.9 Å². The van der Waals surface area contributed by atoms with Crippen molar-refractivity contribution in [2.75, 3.05) is 6.61 Å². The van der Waals surface area contributed by atoms with Crippen LogP contribution in [0.5, 0.6) is 5.75 Å². The number of benzene rings is 2. The molecule has 4 rings (SSSR count). The first kappa shape index (κ1) is 25.0. The maximum absolute atomic E-state index is 6.21. The van der Waals surface area contributed by atoms with Gasteiger partial charge in [-0.25, -0.2) is 0 Å². The average Bonchev–Trinajstić information content (AvgIpc) is 2.81. The molecule has 1 unspecified atom stereocenters. The van der Waals surface area contributed by atoms with Gasteiger partial charge in [-0.15, -0.1) is 0 Å². The first-order valence-corrected chi connectivity index (χ1v) is 12.8. The van der Waals surface area contributed by atoms with Gasteiger partial charge in [0.05, 0.1) is 12.2 Å². The zero-order valence-corrected chi connectivity index (χ0v) is 21.3. The molecule has 2 aromatic rings. The lowest BCUT2D eigenvalue weighted by Crippen LogP contribution is -2.35. The highest BCUT2D eigenvalue weighted by Gasteiger charge is 2.27. The molecule has 2 heterocycles. The van der Waals surface area contributed by atoms with Crippen LogP contribution in [-0.4, -0.2) is 24.3 Å². The summed E-state index contributed by atoms with van der Waals surface area (Å²) in [5.41, 5.74) is 4.71. The minimum absolute atomic E-state index is 0.0144. The zero-order valence-electron chi connectivity index (χ0n) is 21.3. The molecule has 1 fully saturated rings. The Labute approximate surface area is 205 Å². The monoisotopic (exact) mass is 464 g/mol. The summed E-state index contributed by atoms with van der Waals surface area (Å²) in [6.07, 6.45) is 12.2. The van der Waals surface area contributed by atoms with Gasteiger partial charge in [-0.05, 0) is 81.2 Å². The van der Waals surface area contributed by atoms with Gasteiger partial charge in [0, 0.05) is 26.0 Å². The third-order valence-electron chi connectivity index (χ3n) is 6.55. The van der Waals surface area contributed by atoms with Gasteiger partial charge >= 0.3 is 0 Å². The van der Waals surface area contributed by atoms with E-state index in [1.54, 1.807) is 0 Å². The van der Waals surface area contributed by atoms with E-state index in [1.807, 2.05) is 19.9 Å². The van der Waals surface area contributed by atoms with E-state index in [4.69, 9.17) is 18.9 Å². The molecule has 0 N–H and O–H groups in total. The predicted molar refractivity (Wildman–Crippen MR) is 138 cm³/mol. The summed E-state index contributed by atoms with van der Waals surface area (Å²) < 4.78 is 23.6. The van der Waals surface area contributed by atoms with Gasteiger partial charge in [-0.1, -0.05) is 48.9 Å². The Bertz CT molecular complexity index is 952. The van der Waals surface area contributed by atoms with Crippen LogP contribution < -0.4 is 4.74 Å². The predicted octanol–water partition coefficient (Wildman–Crippen LogP) is 7.54. The fourth-order valence-electron chi connectivity index (χ4n) is 4.55. The molecular weight excluding hydrogens is 424 g/mol. The molecule has 0 radical (unpaired) electrons. The summed E-state index contributed by atoms with van der Waals surface area (Å²) in [4.78, 5) is 0. The molecule has 1 atom stereocenters. The quantitative estimate of drug-likeness (QED) is 0.284. The average molecular weight is 465 g/mol. The molecule has 1 saturated heterocycles. The van der Waals surface area contributed by atoms with E-state index in [9.17, 15) is 0 Å². The molecule has 0 bridgehead atoms. The largest absolute Gasteiger partial charge is 0.463 e. The maximum atomic E-state index is 6.21. The van der Waals surface area contributed by atoms with Crippen LogP contribution in [0.15, 0.2) is 42.5 Å². The van der Waals surface area contributed by atoms with E-state index in [-0.39, 0.29) is 11.9 Å². The number of ether oxygens (including phenoxy) is 4. The topological polar surface area (TPSA) is 36.9 Å². The van der Waals surface area contributed by atoms with Crippen LogP contribution in [0.25, 0.3) is 12.2 Å². The highest BCUT2D eigenvalue weighted by molar-refractivity contribution is 5.70. The molecule has 2 aliphatic heterocycles. The SMILES string of the molecule is CC(C)(CCCCc1ccc(C=Cc2ccc3c(c2)COC(C)(C)O3)cc1)OC1CCCCO1. The van der Waals surface area contributed by atoms with Gasteiger partial charge in [0.15, 0.2) is 6.29 Å². The fraction of sp³-hybridized carbons (Fsp3) is 0.533. The van der Waals surface area contributed by atoms with Gasteiger partial charge in [-0.2, -0.15) is 0 Å². The maximum Gasteiger partial charge on any atom is 0.205 e. The molecule has 2 aromatic carbocycles. The second kappa shape index (κ2) is 11.1. The van der Waals surface area contributed by atoms with E-state index in [1.165, 1.54) is 24.0 Å². The summed E-state index contributed by atoms with van der Waals surface area (Å²) in [6, 6.07) is 15.2. The molecule has 0 saturated carbocycles. The minimum Gasteiger partial charge on any atom is -0.463 e. The summed E-state index contributed by atoms with van der Waals surface area (Å²) in [7, 11) is 0. The molecule has 34 heavy (non-hydrogen) atoms. The van der Waals surface area contributed by atoms with E-state index in [0.717, 1.165) is 55.6 Å². The first-order valence-electron chi connectivity index (χ1n) is 12.8. The number of aryl methyl sites for hydroxylation is 1. The van der Waals surface area contributed by atoms with Crippen molar-refractivity contribution >= 4 is 12.2 Å². The number of unbranched alkanes of at least 4 members (excludes halogenated alkanes) is 1. The first-order chi connectivity index (χ1) is 16.3. The third-order valence-corrected chi connectivity index (χ3v) is 6.55. The minimum atomic E-state index is -0.556. The molecule has 2 aliphatic rings. The van der Waals surface area contributed by atoms with Crippen molar-refractivity contribution in [3.8, 4) is 5.75 Å². The van der Waals surface area contributed by atoms with Crippen LogP contribution in [0.1, 0.15) is 88.5 Å². The lowest BCUT2D eigenvalue weighted by molar-refractivity contribution is -0.217. The Balaban J connectivity index is 1.21. The second-order valence-corrected chi connectivity index (χ2v) is 10.6. The number of fused-ring (bicyclic) bond motifs is 1. The molecule has 0 spiro atoms. The number of rotatable bonds is 9. The Morgan fingerprint density at radius 1 is 1.00 bits per heavy atom. The van der Waals surface area contributed by atoms with Crippen molar-refractivity contribution in [3.05, 3.63) is 64.7 Å². The molecule has 4 nitrogen and oxygen atoms in total. The number of hydrogen-bond donors (Lipinski definition) is 0. The van der Waals surface area contributed by atoms with Gasteiger partial charge in [0.25, 0.3) is 0 Å². The second-order valence-electron chi connectivity index (χ2n) is 10.6. The van der Waals surface area contributed by atoms with E-state index >= 15 is 0 Å². The van der Waals surface area contributed by atoms with Crippen molar-refractivity contribution < 1.29 is 18.9 Å². The Kier molecular flexibility index (Phi) is 8.13. The summed E-state index contributed by atoms with van der Waals surface area (Å²) in [5.74, 6) is 0.356. The highest BCUT2D eigenvalue weighted by Crippen LogP contribution is 2.32. The molecule has 4 heteroatoms. The van der Waals surface area contributed by atoms with Crippen LogP contribution in [0, 0.1) is 0 Å². The molecular formula is C30H40O4. The van der Waals surface area contributed by atoms with Crippen molar-refractivity contribution in [1.82, 2.24) is 0 Å². The van der Waals surface area contributed by atoms with Crippen molar-refractivity contribution in [3.63, 3.8) is 0 Å². The van der Waals surface area contributed by atoms with E-state index in [0.29, 0.717) is 6.61 Å². The van der Waals surface area contributed by atoms with Gasteiger partial charge in [0.1, 0.15) is 5.75 Å². The smallest absolute Gasteiger partial charge is 0.205 e. The summed E-state index contributed by atoms with van der Waals surface area (Å²) in [6.45, 7) is 9.68. The normalized spacial score (nSPS) is 20.2. The Morgan fingerprint density at radius 2 is 1.76 bits per heavy atom. The van der Waals surface area contributed by atoms with Crippen LogP contribution in [0.3, 0.4) is 0 Å². The number of hydrogen-bond acceptors (Lipinski definition) is 4. The van der Waals surface area contributed by atoms with Gasteiger partial charge in [-0.3, -0.25) is 0 Å².